The van der Waals surface area contributed by atoms with Crippen molar-refractivity contribution >= 4 is 21.9 Å². The van der Waals surface area contributed by atoms with Gasteiger partial charge in [0.15, 0.2) is 0 Å². The second-order valence-electron chi connectivity index (χ2n) is 4.63. The van der Waals surface area contributed by atoms with Crippen molar-refractivity contribution in [3.8, 4) is 5.69 Å². The third kappa shape index (κ3) is 3.18. The van der Waals surface area contributed by atoms with E-state index in [1.165, 1.54) is 11.3 Å². The lowest BCUT2D eigenvalue weighted by atomic mass is 10.1. The molecule has 102 valence electrons. The maximum Gasteiger partial charge on any atom is 0.207 e. The van der Waals surface area contributed by atoms with E-state index in [4.69, 9.17) is 0 Å². The summed E-state index contributed by atoms with van der Waals surface area (Å²) in [4.78, 5) is 4.56. The predicted octanol–water partition coefficient (Wildman–Crippen LogP) is 4.33. The fourth-order valence-electron chi connectivity index (χ4n) is 2.12. The molecule has 19 heavy (non-hydrogen) atoms. The van der Waals surface area contributed by atoms with E-state index in [1.807, 2.05) is 6.92 Å². The summed E-state index contributed by atoms with van der Waals surface area (Å²) in [6.45, 7) is 7.30. The van der Waals surface area contributed by atoms with Gasteiger partial charge in [-0.05, 0) is 43.5 Å². The van der Waals surface area contributed by atoms with Crippen LogP contribution in [0.5, 0.6) is 0 Å². The van der Waals surface area contributed by atoms with Gasteiger partial charge in [-0.3, -0.25) is 4.57 Å². The number of halogens is 1. The topological polar surface area (TPSA) is 29.9 Å². The highest BCUT2D eigenvalue weighted by Crippen LogP contribution is 2.24. The lowest BCUT2D eigenvalue weighted by molar-refractivity contribution is 0.929. The molecule has 0 aliphatic carbocycles. The number of aryl methyl sites for hydroxylation is 2. The summed E-state index contributed by atoms with van der Waals surface area (Å²) in [7, 11) is 0. The van der Waals surface area contributed by atoms with Gasteiger partial charge in [-0.25, -0.2) is 4.98 Å². The quantitative estimate of drug-likeness (QED) is 0.888. The van der Waals surface area contributed by atoms with E-state index >= 15 is 0 Å². The Morgan fingerprint density at radius 2 is 2.11 bits per heavy atom. The summed E-state index contributed by atoms with van der Waals surface area (Å²) in [6, 6.07) is 6.39. The Balaban J connectivity index is 2.46. The van der Waals surface area contributed by atoms with Crippen LogP contribution >= 0.6 is 15.9 Å². The summed E-state index contributed by atoms with van der Waals surface area (Å²) in [6.07, 6.45) is 4.17. The van der Waals surface area contributed by atoms with E-state index in [9.17, 15) is 0 Å². The van der Waals surface area contributed by atoms with Crippen LogP contribution in [-0.4, -0.2) is 16.1 Å². The van der Waals surface area contributed by atoms with Gasteiger partial charge in [0.2, 0.25) is 5.95 Å². The molecule has 0 amide bonds. The van der Waals surface area contributed by atoms with Gasteiger partial charge in [-0.15, -0.1) is 0 Å². The third-order valence-corrected chi connectivity index (χ3v) is 3.53. The van der Waals surface area contributed by atoms with Gasteiger partial charge in [0.1, 0.15) is 0 Å². The van der Waals surface area contributed by atoms with Crippen LogP contribution in [0, 0.1) is 6.92 Å². The molecule has 0 spiro atoms. The number of imidazole rings is 1. The molecule has 0 unspecified atom stereocenters. The molecule has 0 saturated heterocycles. The molecule has 0 radical (unpaired) electrons. The van der Waals surface area contributed by atoms with Crippen molar-refractivity contribution in [3.05, 3.63) is 40.1 Å². The lowest BCUT2D eigenvalue weighted by Gasteiger charge is -2.13. The number of anilines is 1. The summed E-state index contributed by atoms with van der Waals surface area (Å²) < 4.78 is 3.27. The van der Waals surface area contributed by atoms with Crippen LogP contribution in [0.2, 0.25) is 0 Å². The highest BCUT2D eigenvalue weighted by atomic mass is 79.9. The molecule has 4 heteroatoms. The van der Waals surface area contributed by atoms with E-state index in [-0.39, 0.29) is 0 Å². The smallest absolute Gasteiger partial charge is 0.207 e. The van der Waals surface area contributed by atoms with E-state index in [0.29, 0.717) is 0 Å². The molecule has 0 aliphatic heterocycles. The number of hydrogen-bond donors (Lipinski definition) is 1. The number of aromatic nitrogens is 2. The second-order valence-corrected chi connectivity index (χ2v) is 5.54. The van der Waals surface area contributed by atoms with E-state index < -0.39 is 0 Å². The summed E-state index contributed by atoms with van der Waals surface area (Å²) in [5.74, 6) is 0.927. The average molecular weight is 322 g/mol. The van der Waals surface area contributed by atoms with E-state index in [2.05, 4.69) is 69.0 Å². The molecule has 1 N–H and O–H groups in total. The Kier molecular flexibility index (Phi) is 4.64. The minimum absolute atomic E-state index is 0.927. The lowest BCUT2D eigenvalue weighted by Crippen LogP contribution is -2.08. The fourth-order valence-corrected chi connectivity index (χ4v) is 2.52. The highest BCUT2D eigenvalue weighted by molar-refractivity contribution is 9.10. The van der Waals surface area contributed by atoms with Crippen molar-refractivity contribution in [2.24, 2.45) is 0 Å². The van der Waals surface area contributed by atoms with Crippen LogP contribution in [0.15, 0.2) is 28.9 Å². The molecule has 0 bridgehead atoms. The van der Waals surface area contributed by atoms with E-state index in [0.717, 1.165) is 35.5 Å². The molecular formula is C15H20BrN3. The molecule has 1 aromatic carbocycles. The van der Waals surface area contributed by atoms with Crippen molar-refractivity contribution in [1.29, 1.82) is 0 Å². The third-order valence-electron chi connectivity index (χ3n) is 3.04. The zero-order valence-corrected chi connectivity index (χ0v) is 13.3. The SMILES string of the molecule is CCCNc1nc(C)cn1-c1ccc(Br)cc1CC. The van der Waals surface area contributed by atoms with Gasteiger partial charge in [0, 0.05) is 17.2 Å². The molecule has 1 aromatic heterocycles. The van der Waals surface area contributed by atoms with Crippen LogP contribution in [0.1, 0.15) is 31.5 Å². The first kappa shape index (κ1) is 14.1. The van der Waals surface area contributed by atoms with E-state index in [1.54, 1.807) is 0 Å². The monoisotopic (exact) mass is 321 g/mol. The van der Waals surface area contributed by atoms with Crippen molar-refractivity contribution in [3.63, 3.8) is 0 Å². The number of nitrogens with zero attached hydrogens (tertiary/aromatic N) is 2. The van der Waals surface area contributed by atoms with Crippen molar-refractivity contribution in [2.45, 2.75) is 33.6 Å². The first-order valence-corrected chi connectivity index (χ1v) is 7.53. The Morgan fingerprint density at radius 1 is 1.32 bits per heavy atom. The van der Waals surface area contributed by atoms with Crippen molar-refractivity contribution in [2.75, 3.05) is 11.9 Å². The largest absolute Gasteiger partial charge is 0.355 e. The van der Waals surface area contributed by atoms with Gasteiger partial charge in [0.05, 0.1) is 11.4 Å². The first-order valence-electron chi connectivity index (χ1n) is 6.74. The molecule has 2 rings (SSSR count). The maximum atomic E-state index is 4.56. The highest BCUT2D eigenvalue weighted by Gasteiger charge is 2.10. The van der Waals surface area contributed by atoms with Crippen LogP contribution in [-0.2, 0) is 6.42 Å². The van der Waals surface area contributed by atoms with Gasteiger partial charge < -0.3 is 5.32 Å². The van der Waals surface area contributed by atoms with Gasteiger partial charge in [0.25, 0.3) is 0 Å². The molecule has 0 aliphatic rings. The molecule has 2 aromatic rings. The fraction of sp³-hybridized carbons (Fsp3) is 0.400. The molecule has 1 heterocycles. The predicted molar refractivity (Wildman–Crippen MR) is 84.2 cm³/mol. The Bertz CT molecular complexity index is 561. The van der Waals surface area contributed by atoms with Gasteiger partial charge in [-0.2, -0.15) is 0 Å². The molecular weight excluding hydrogens is 302 g/mol. The standard InChI is InChI=1S/C15H20BrN3/c1-4-8-17-15-18-11(3)10-19(15)14-7-6-13(16)9-12(14)5-2/h6-7,9-10H,4-5,8H2,1-3H3,(H,17,18). The van der Waals surface area contributed by atoms with Crippen LogP contribution in [0.25, 0.3) is 5.69 Å². The zero-order valence-electron chi connectivity index (χ0n) is 11.7. The van der Waals surface area contributed by atoms with Crippen LogP contribution in [0.4, 0.5) is 5.95 Å². The van der Waals surface area contributed by atoms with Crippen molar-refractivity contribution < 1.29 is 0 Å². The normalized spacial score (nSPS) is 10.7. The Hall–Kier alpha value is -1.29. The first-order chi connectivity index (χ1) is 9.15. The van der Waals surface area contributed by atoms with Crippen LogP contribution < -0.4 is 5.32 Å². The van der Waals surface area contributed by atoms with Crippen LogP contribution in [0.3, 0.4) is 0 Å². The molecule has 3 nitrogen and oxygen atoms in total. The average Bonchev–Trinajstić information content (AvgIpc) is 2.77. The summed E-state index contributed by atoms with van der Waals surface area (Å²) in [5.41, 5.74) is 3.54. The Morgan fingerprint density at radius 3 is 2.79 bits per heavy atom. The van der Waals surface area contributed by atoms with Crippen molar-refractivity contribution in [1.82, 2.24) is 9.55 Å². The molecule has 0 fully saturated rings. The summed E-state index contributed by atoms with van der Waals surface area (Å²) in [5, 5.41) is 3.39. The van der Waals surface area contributed by atoms with Gasteiger partial charge in [-0.1, -0.05) is 29.8 Å². The Labute approximate surface area is 123 Å². The summed E-state index contributed by atoms with van der Waals surface area (Å²) >= 11 is 3.53. The molecule has 0 atom stereocenters. The zero-order chi connectivity index (χ0) is 13.8. The minimum atomic E-state index is 0.927. The van der Waals surface area contributed by atoms with Gasteiger partial charge >= 0.3 is 0 Å². The minimum Gasteiger partial charge on any atom is -0.355 e. The number of rotatable bonds is 5. The number of nitrogens with one attached hydrogen (secondary N) is 1. The maximum absolute atomic E-state index is 4.56. The molecule has 0 saturated carbocycles. The second kappa shape index (κ2) is 6.24. The number of benzene rings is 1. The number of hydrogen-bond acceptors (Lipinski definition) is 2.